The number of nitrogens with zero attached hydrogens (tertiary/aromatic N) is 3. The Morgan fingerprint density at radius 3 is 1.95 bits per heavy atom. The van der Waals surface area contributed by atoms with Crippen LogP contribution in [0.25, 0.3) is 0 Å². The zero-order valence-corrected chi connectivity index (χ0v) is 11.4. The second-order valence-electron chi connectivity index (χ2n) is 4.64. The molecule has 1 rings (SSSR count). The first kappa shape index (κ1) is 18.6. The third-order valence-corrected chi connectivity index (χ3v) is 2.88. The first-order valence-corrected chi connectivity index (χ1v) is 6.38. The monoisotopic (exact) mass is 339 g/mol. The van der Waals surface area contributed by atoms with Crippen molar-refractivity contribution in [3.63, 3.8) is 0 Å². The molecule has 1 heterocycles. The van der Waals surface area contributed by atoms with Gasteiger partial charge in [0.15, 0.2) is 11.4 Å². The molecule has 22 heavy (non-hydrogen) atoms. The molecule has 0 fully saturated rings. The zero-order valence-electron chi connectivity index (χ0n) is 11.4. The fourth-order valence-electron chi connectivity index (χ4n) is 1.78. The van der Waals surface area contributed by atoms with Crippen molar-refractivity contribution in [2.24, 2.45) is 0 Å². The second kappa shape index (κ2) is 6.37. The molecule has 0 aliphatic heterocycles. The molecule has 0 aromatic carbocycles. The van der Waals surface area contributed by atoms with E-state index in [0.717, 1.165) is 6.42 Å². The molecule has 0 saturated carbocycles. The van der Waals surface area contributed by atoms with E-state index in [-0.39, 0.29) is 11.1 Å². The van der Waals surface area contributed by atoms with Crippen molar-refractivity contribution >= 4 is 0 Å². The van der Waals surface area contributed by atoms with Gasteiger partial charge in [-0.3, -0.25) is 0 Å². The maximum Gasteiger partial charge on any atom is 0.459 e. The summed E-state index contributed by atoms with van der Waals surface area (Å²) in [5.41, 5.74) is -4.57. The van der Waals surface area contributed by atoms with Crippen molar-refractivity contribution in [1.29, 1.82) is 0 Å². The van der Waals surface area contributed by atoms with Gasteiger partial charge in [-0.15, -0.1) is 5.10 Å². The number of unbranched alkanes of at least 4 members (excludes halogenated alkanes) is 3. The van der Waals surface area contributed by atoms with Crippen LogP contribution in [0.5, 0.6) is 0 Å². The van der Waals surface area contributed by atoms with Crippen molar-refractivity contribution in [2.75, 3.05) is 0 Å². The Bertz CT molecular complexity index is 489. The van der Waals surface area contributed by atoms with Crippen molar-refractivity contribution in [3.8, 4) is 0 Å². The van der Waals surface area contributed by atoms with E-state index in [2.05, 4.69) is 10.3 Å². The molecule has 0 spiro atoms. The SMILES string of the molecule is CCCCCCn1nnc(C(F)(F)C(F)(F)F)c1C(F)(F)F. The van der Waals surface area contributed by atoms with E-state index >= 15 is 0 Å². The van der Waals surface area contributed by atoms with E-state index in [1.54, 1.807) is 0 Å². The van der Waals surface area contributed by atoms with Crippen LogP contribution in [-0.2, 0) is 18.6 Å². The van der Waals surface area contributed by atoms with E-state index < -0.39 is 36.2 Å². The number of hydrogen-bond donors (Lipinski definition) is 0. The summed E-state index contributed by atoms with van der Waals surface area (Å²) >= 11 is 0. The predicted octanol–water partition coefficient (Wildman–Crippen LogP) is 4.53. The molecule has 11 heteroatoms. The highest BCUT2D eigenvalue weighted by atomic mass is 19.4. The van der Waals surface area contributed by atoms with Gasteiger partial charge in [0.1, 0.15) is 0 Å². The number of aromatic nitrogens is 3. The molecule has 1 aromatic heterocycles. The zero-order chi connectivity index (χ0) is 17.2. The highest BCUT2D eigenvalue weighted by Gasteiger charge is 2.64. The maximum absolute atomic E-state index is 13.2. The van der Waals surface area contributed by atoms with Crippen LogP contribution in [0.2, 0.25) is 0 Å². The lowest BCUT2D eigenvalue weighted by atomic mass is 10.1. The van der Waals surface area contributed by atoms with Crippen LogP contribution in [0.1, 0.15) is 44.0 Å². The largest absolute Gasteiger partial charge is 0.459 e. The minimum Gasteiger partial charge on any atom is -0.240 e. The number of alkyl halides is 8. The third kappa shape index (κ3) is 3.86. The molecule has 3 nitrogen and oxygen atoms in total. The lowest BCUT2D eigenvalue weighted by Gasteiger charge is -2.19. The Kier molecular flexibility index (Phi) is 5.39. The first-order chi connectivity index (χ1) is 9.93. The molecule has 0 unspecified atom stereocenters. The van der Waals surface area contributed by atoms with Crippen LogP contribution < -0.4 is 0 Å². The van der Waals surface area contributed by atoms with Crippen molar-refractivity contribution in [3.05, 3.63) is 11.4 Å². The number of aryl methyl sites for hydroxylation is 1. The summed E-state index contributed by atoms with van der Waals surface area (Å²) in [5.74, 6) is -5.72. The Balaban J connectivity index is 3.18. The molecule has 1 aromatic rings. The minimum atomic E-state index is -6.18. The van der Waals surface area contributed by atoms with Crippen LogP contribution >= 0.6 is 0 Å². The van der Waals surface area contributed by atoms with E-state index in [0.29, 0.717) is 12.8 Å². The van der Waals surface area contributed by atoms with Gasteiger partial charge in [0.25, 0.3) is 0 Å². The summed E-state index contributed by atoms with van der Waals surface area (Å²) in [7, 11) is 0. The lowest BCUT2D eigenvalue weighted by Crippen LogP contribution is -2.36. The van der Waals surface area contributed by atoms with Gasteiger partial charge in [-0.2, -0.15) is 35.1 Å². The molecule has 128 valence electrons. The number of rotatable bonds is 6. The molecule has 0 radical (unpaired) electrons. The summed E-state index contributed by atoms with van der Waals surface area (Å²) in [6.07, 6.45) is -9.47. The molecule has 0 N–H and O–H groups in total. The average Bonchev–Trinajstić information content (AvgIpc) is 2.77. The molecule has 0 aliphatic carbocycles. The average molecular weight is 339 g/mol. The lowest BCUT2D eigenvalue weighted by molar-refractivity contribution is -0.292. The Labute approximate surface area is 120 Å². The van der Waals surface area contributed by atoms with Gasteiger partial charge in [-0.25, -0.2) is 4.68 Å². The van der Waals surface area contributed by atoms with Gasteiger partial charge in [0.05, 0.1) is 0 Å². The minimum absolute atomic E-state index is 0.0602. The van der Waals surface area contributed by atoms with Crippen LogP contribution in [-0.4, -0.2) is 21.2 Å². The van der Waals surface area contributed by atoms with E-state index in [1.165, 1.54) is 0 Å². The molecule has 0 atom stereocenters. The van der Waals surface area contributed by atoms with Gasteiger partial charge >= 0.3 is 18.3 Å². The molecular weight excluding hydrogens is 326 g/mol. The molecule has 0 saturated heterocycles. The van der Waals surface area contributed by atoms with Gasteiger partial charge < -0.3 is 0 Å². The second-order valence-corrected chi connectivity index (χ2v) is 4.64. The quantitative estimate of drug-likeness (QED) is 0.563. The fraction of sp³-hybridized carbons (Fsp3) is 0.818. The van der Waals surface area contributed by atoms with Gasteiger partial charge in [0, 0.05) is 6.54 Å². The van der Waals surface area contributed by atoms with Crippen LogP contribution in [0.4, 0.5) is 35.1 Å². The molecular formula is C11H13F8N3. The first-order valence-electron chi connectivity index (χ1n) is 6.38. The molecule has 0 bridgehead atoms. The Morgan fingerprint density at radius 1 is 0.909 bits per heavy atom. The summed E-state index contributed by atoms with van der Waals surface area (Å²) < 4.78 is 102. The molecule has 0 amide bonds. The van der Waals surface area contributed by atoms with Gasteiger partial charge in [0.2, 0.25) is 0 Å². The number of halogens is 8. The van der Waals surface area contributed by atoms with Gasteiger partial charge in [-0.1, -0.05) is 31.4 Å². The highest BCUT2D eigenvalue weighted by Crippen LogP contribution is 2.47. The maximum atomic E-state index is 13.2. The normalized spacial score (nSPS) is 13.7. The highest BCUT2D eigenvalue weighted by molar-refractivity contribution is 5.21. The van der Waals surface area contributed by atoms with Gasteiger partial charge in [-0.05, 0) is 6.42 Å². The van der Waals surface area contributed by atoms with Crippen LogP contribution in [0, 0.1) is 0 Å². The third-order valence-electron chi connectivity index (χ3n) is 2.88. The van der Waals surface area contributed by atoms with Crippen molar-refractivity contribution in [1.82, 2.24) is 15.0 Å². The van der Waals surface area contributed by atoms with E-state index in [1.807, 2.05) is 6.92 Å². The standard InChI is InChI=1S/C11H13F8N3/c1-2-3-4-5-6-22-8(10(14,15)16)7(20-21-22)9(12,13)11(17,18)19/h2-6H2,1H3. The molecule has 0 aliphatic rings. The topological polar surface area (TPSA) is 30.7 Å². The Hall–Kier alpha value is -1.42. The van der Waals surface area contributed by atoms with Crippen molar-refractivity contribution in [2.45, 2.75) is 57.4 Å². The summed E-state index contributed by atoms with van der Waals surface area (Å²) in [6, 6.07) is 0. The predicted molar refractivity (Wildman–Crippen MR) is 59.1 cm³/mol. The smallest absolute Gasteiger partial charge is 0.240 e. The van der Waals surface area contributed by atoms with Crippen LogP contribution in [0.3, 0.4) is 0 Å². The van der Waals surface area contributed by atoms with Crippen LogP contribution in [0.15, 0.2) is 0 Å². The number of hydrogen-bond acceptors (Lipinski definition) is 2. The summed E-state index contributed by atoms with van der Waals surface area (Å²) in [6.45, 7) is 1.41. The fourth-order valence-corrected chi connectivity index (χ4v) is 1.78. The van der Waals surface area contributed by atoms with Crippen molar-refractivity contribution < 1.29 is 35.1 Å². The van der Waals surface area contributed by atoms with E-state index in [9.17, 15) is 35.1 Å². The van der Waals surface area contributed by atoms with E-state index in [4.69, 9.17) is 0 Å². The summed E-state index contributed by atoms with van der Waals surface area (Å²) in [5, 5.41) is 5.27. The Morgan fingerprint density at radius 2 is 1.50 bits per heavy atom. The summed E-state index contributed by atoms with van der Waals surface area (Å²) in [4.78, 5) is 0.